The topological polar surface area (TPSA) is 26.3 Å². The smallest absolute Gasteiger partial charge is 0.204 e. The van der Waals surface area contributed by atoms with Crippen LogP contribution in [0.15, 0.2) is 0 Å². The van der Waals surface area contributed by atoms with E-state index >= 15 is 0 Å². The van der Waals surface area contributed by atoms with E-state index in [0.717, 1.165) is 7.11 Å². The molecule has 6 heteroatoms. The number of carbonyl (C=O) groups is 1. The molecule has 0 aromatic heterocycles. The average Bonchev–Trinajstić information content (AvgIpc) is 2.17. The number of ether oxygens (including phenoxy) is 1. The first-order valence-electron chi connectivity index (χ1n) is 3.39. The first-order valence-corrected chi connectivity index (χ1v) is 3.39. The molecule has 0 fully saturated rings. The predicted octanol–water partition coefficient (Wildman–Crippen LogP) is 2.06. The van der Waals surface area contributed by atoms with Crippen LogP contribution in [0.5, 0.6) is 5.75 Å². The second-order valence-corrected chi connectivity index (χ2v) is 2.32. The summed E-state index contributed by atoms with van der Waals surface area (Å²) in [7, 11) is 0.848. The highest BCUT2D eigenvalue weighted by atomic mass is 19.2. The van der Waals surface area contributed by atoms with Gasteiger partial charge in [0.1, 0.15) is 0 Å². The minimum atomic E-state index is -1.77. The zero-order chi connectivity index (χ0) is 10.9. The van der Waals surface area contributed by atoms with Crippen LogP contribution < -0.4 is 4.74 Å². The van der Waals surface area contributed by atoms with E-state index in [9.17, 15) is 22.4 Å². The van der Waals surface area contributed by atoms with E-state index in [0.29, 0.717) is 0 Å². The van der Waals surface area contributed by atoms with Crippen molar-refractivity contribution >= 4 is 6.29 Å². The van der Waals surface area contributed by atoms with E-state index < -0.39 is 34.6 Å². The van der Waals surface area contributed by atoms with Crippen LogP contribution in [0.25, 0.3) is 0 Å². The van der Waals surface area contributed by atoms with Gasteiger partial charge in [0.05, 0.1) is 12.7 Å². The number of benzene rings is 1. The summed E-state index contributed by atoms with van der Waals surface area (Å²) < 4.78 is 55.3. The SMILES string of the molecule is COc1c(F)c(F)c(C=O)c(F)c1F. The van der Waals surface area contributed by atoms with Crippen molar-refractivity contribution in [3.63, 3.8) is 0 Å². The Balaban J connectivity index is 3.63. The van der Waals surface area contributed by atoms with Crippen molar-refractivity contribution in [1.82, 2.24) is 0 Å². The third kappa shape index (κ3) is 1.32. The van der Waals surface area contributed by atoms with Crippen molar-refractivity contribution in [2.75, 3.05) is 7.11 Å². The van der Waals surface area contributed by atoms with Gasteiger partial charge in [-0.25, -0.2) is 8.78 Å². The van der Waals surface area contributed by atoms with Crippen LogP contribution >= 0.6 is 0 Å². The molecule has 0 amide bonds. The highest BCUT2D eigenvalue weighted by molar-refractivity contribution is 5.76. The maximum atomic E-state index is 12.8. The number of hydrogen-bond donors (Lipinski definition) is 0. The molecular formula is C8H4F4O2. The summed E-state index contributed by atoms with van der Waals surface area (Å²) in [5, 5.41) is 0. The van der Waals surface area contributed by atoms with Gasteiger partial charge in [0.15, 0.2) is 23.7 Å². The molecule has 1 aromatic carbocycles. The van der Waals surface area contributed by atoms with Gasteiger partial charge in [0.25, 0.3) is 0 Å². The van der Waals surface area contributed by atoms with E-state index in [1.807, 2.05) is 0 Å². The Hall–Kier alpha value is -1.59. The van der Waals surface area contributed by atoms with Gasteiger partial charge in [-0.2, -0.15) is 8.78 Å². The summed E-state index contributed by atoms with van der Waals surface area (Å²) in [6, 6.07) is 0. The molecule has 0 N–H and O–H groups in total. The molecule has 0 spiro atoms. The number of aldehydes is 1. The molecule has 0 unspecified atom stereocenters. The quantitative estimate of drug-likeness (QED) is 0.422. The molecule has 0 radical (unpaired) electrons. The second kappa shape index (κ2) is 3.65. The molecular weight excluding hydrogens is 204 g/mol. The molecule has 0 aliphatic rings. The van der Waals surface area contributed by atoms with Gasteiger partial charge in [-0.15, -0.1) is 0 Å². The van der Waals surface area contributed by atoms with Gasteiger partial charge in [-0.05, 0) is 0 Å². The average molecular weight is 208 g/mol. The molecule has 0 atom stereocenters. The minimum absolute atomic E-state index is 0.309. The Morgan fingerprint density at radius 3 is 1.71 bits per heavy atom. The van der Waals surface area contributed by atoms with Crippen molar-refractivity contribution < 1.29 is 27.1 Å². The van der Waals surface area contributed by atoms with Crippen LogP contribution in [0.2, 0.25) is 0 Å². The van der Waals surface area contributed by atoms with E-state index in [-0.39, 0.29) is 6.29 Å². The molecule has 0 aliphatic carbocycles. The third-order valence-corrected chi connectivity index (χ3v) is 1.58. The molecule has 76 valence electrons. The van der Waals surface area contributed by atoms with Crippen molar-refractivity contribution in [1.29, 1.82) is 0 Å². The highest BCUT2D eigenvalue weighted by Gasteiger charge is 2.25. The zero-order valence-electron chi connectivity index (χ0n) is 6.91. The van der Waals surface area contributed by atoms with Crippen LogP contribution in [0.1, 0.15) is 10.4 Å². The lowest BCUT2D eigenvalue weighted by Gasteiger charge is -2.06. The standard InChI is InChI=1S/C8H4F4O2/c1-14-8-6(11)4(9)3(2-13)5(10)7(8)12/h2H,1H3. The molecule has 0 saturated carbocycles. The summed E-state index contributed by atoms with van der Waals surface area (Å²) >= 11 is 0. The third-order valence-electron chi connectivity index (χ3n) is 1.58. The maximum absolute atomic E-state index is 12.8. The largest absolute Gasteiger partial charge is 0.491 e. The van der Waals surface area contributed by atoms with Crippen LogP contribution in [-0.2, 0) is 0 Å². The van der Waals surface area contributed by atoms with Crippen LogP contribution in [-0.4, -0.2) is 13.4 Å². The summed E-state index contributed by atoms with van der Waals surface area (Å²) in [5.74, 6) is -8.18. The Labute approximate surface area is 76.1 Å². The summed E-state index contributed by atoms with van der Waals surface area (Å²) in [6.45, 7) is 0. The molecule has 14 heavy (non-hydrogen) atoms. The van der Waals surface area contributed by atoms with Gasteiger partial charge in [-0.3, -0.25) is 4.79 Å². The van der Waals surface area contributed by atoms with E-state index in [2.05, 4.69) is 4.74 Å². The lowest BCUT2D eigenvalue weighted by Crippen LogP contribution is -2.05. The Morgan fingerprint density at radius 2 is 1.43 bits per heavy atom. The first kappa shape index (κ1) is 10.5. The Morgan fingerprint density at radius 1 is 1.00 bits per heavy atom. The molecule has 0 aliphatic heterocycles. The van der Waals surface area contributed by atoms with Crippen molar-refractivity contribution in [2.24, 2.45) is 0 Å². The molecule has 0 heterocycles. The zero-order valence-corrected chi connectivity index (χ0v) is 6.91. The van der Waals surface area contributed by atoms with Crippen LogP contribution in [0, 0.1) is 23.3 Å². The van der Waals surface area contributed by atoms with Gasteiger partial charge in [0.2, 0.25) is 11.6 Å². The maximum Gasteiger partial charge on any atom is 0.204 e. The Bertz CT molecular complexity index is 360. The molecule has 1 aromatic rings. The van der Waals surface area contributed by atoms with Crippen molar-refractivity contribution in [2.45, 2.75) is 0 Å². The van der Waals surface area contributed by atoms with Crippen LogP contribution in [0.4, 0.5) is 17.6 Å². The van der Waals surface area contributed by atoms with E-state index in [4.69, 9.17) is 0 Å². The summed E-state index contributed by atoms with van der Waals surface area (Å²) in [4.78, 5) is 10.1. The van der Waals surface area contributed by atoms with E-state index in [1.54, 1.807) is 0 Å². The molecule has 1 rings (SSSR count). The lowest BCUT2D eigenvalue weighted by molar-refractivity contribution is 0.111. The number of halogens is 4. The first-order chi connectivity index (χ1) is 6.54. The predicted molar refractivity (Wildman–Crippen MR) is 38.2 cm³/mol. The number of hydrogen-bond acceptors (Lipinski definition) is 2. The minimum Gasteiger partial charge on any atom is -0.491 e. The van der Waals surface area contributed by atoms with Gasteiger partial charge >= 0.3 is 0 Å². The molecule has 2 nitrogen and oxygen atoms in total. The number of carbonyl (C=O) groups excluding carboxylic acids is 1. The Kier molecular flexibility index (Phi) is 2.73. The number of rotatable bonds is 2. The monoisotopic (exact) mass is 208 g/mol. The number of methoxy groups -OCH3 is 1. The fraction of sp³-hybridized carbons (Fsp3) is 0.125. The summed E-state index contributed by atoms with van der Waals surface area (Å²) in [5.41, 5.74) is -1.29. The molecule has 0 bridgehead atoms. The van der Waals surface area contributed by atoms with Crippen molar-refractivity contribution in [3.8, 4) is 5.75 Å². The second-order valence-electron chi connectivity index (χ2n) is 2.32. The lowest BCUT2D eigenvalue weighted by atomic mass is 10.2. The van der Waals surface area contributed by atoms with Crippen LogP contribution in [0.3, 0.4) is 0 Å². The van der Waals surface area contributed by atoms with Gasteiger partial charge in [0, 0.05) is 0 Å². The normalized spacial score (nSPS) is 10.1. The van der Waals surface area contributed by atoms with Crippen molar-refractivity contribution in [3.05, 3.63) is 28.8 Å². The highest BCUT2D eigenvalue weighted by Crippen LogP contribution is 2.28. The fourth-order valence-electron chi connectivity index (χ4n) is 0.911. The summed E-state index contributed by atoms with van der Waals surface area (Å²) in [6.07, 6.45) is -0.309. The molecule has 0 saturated heterocycles. The van der Waals surface area contributed by atoms with Gasteiger partial charge < -0.3 is 4.74 Å². The van der Waals surface area contributed by atoms with Gasteiger partial charge in [-0.1, -0.05) is 0 Å². The fourth-order valence-corrected chi connectivity index (χ4v) is 0.911. The van der Waals surface area contributed by atoms with E-state index in [1.165, 1.54) is 0 Å².